The lowest BCUT2D eigenvalue weighted by Crippen LogP contribution is -1.97. The van der Waals surface area contributed by atoms with E-state index >= 15 is 0 Å². The summed E-state index contributed by atoms with van der Waals surface area (Å²) in [6.07, 6.45) is 0. The first-order valence-electron chi connectivity index (χ1n) is 6.03. The number of rotatable bonds is 4. The Kier molecular flexibility index (Phi) is 4.27. The van der Waals surface area contributed by atoms with Gasteiger partial charge in [0.2, 0.25) is 0 Å². The molecule has 0 aliphatic rings. The third-order valence-corrected chi connectivity index (χ3v) is 3.34. The summed E-state index contributed by atoms with van der Waals surface area (Å²) in [4.78, 5) is 0. The maximum Gasteiger partial charge on any atom is 0.120 e. The van der Waals surface area contributed by atoms with Gasteiger partial charge in [-0.15, -0.1) is 11.6 Å². The average molecular weight is 261 g/mol. The van der Waals surface area contributed by atoms with Crippen molar-refractivity contribution in [2.45, 2.75) is 26.3 Å². The largest absolute Gasteiger partial charge is 0.489 e. The first kappa shape index (κ1) is 13.0. The van der Waals surface area contributed by atoms with Gasteiger partial charge in [0.25, 0.3) is 0 Å². The second kappa shape index (κ2) is 5.92. The molecule has 0 unspecified atom stereocenters. The van der Waals surface area contributed by atoms with E-state index in [0.29, 0.717) is 12.5 Å². The van der Waals surface area contributed by atoms with E-state index in [0.717, 1.165) is 11.3 Å². The molecule has 0 aromatic heterocycles. The third-order valence-electron chi connectivity index (χ3n) is 3.03. The fraction of sp³-hybridized carbons (Fsp3) is 0.250. The molecule has 0 radical (unpaired) electrons. The van der Waals surface area contributed by atoms with Crippen LogP contribution in [0.1, 0.15) is 22.3 Å². The van der Waals surface area contributed by atoms with Crippen LogP contribution < -0.4 is 4.74 Å². The van der Waals surface area contributed by atoms with Crippen LogP contribution >= 0.6 is 11.6 Å². The smallest absolute Gasteiger partial charge is 0.120 e. The van der Waals surface area contributed by atoms with E-state index in [1.807, 2.05) is 24.3 Å². The molecule has 0 aliphatic carbocycles. The summed E-state index contributed by atoms with van der Waals surface area (Å²) in [5, 5.41) is 0. The summed E-state index contributed by atoms with van der Waals surface area (Å²) < 4.78 is 5.77. The van der Waals surface area contributed by atoms with Crippen LogP contribution in [0.4, 0.5) is 0 Å². The highest BCUT2D eigenvalue weighted by Crippen LogP contribution is 2.17. The summed E-state index contributed by atoms with van der Waals surface area (Å²) in [5.41, 5.74) is 4.87. The van der Waals surface area contributed by atoms with Crippen LogP contribution in [0.3, 0.4) is 0 Å². The number of ether oxygens (including phenoxy) is 1. The van der Waals surface area contributed by atoms with Gasteiger partial charge in [-0.25, -0.2) is 0 Å². The number of hydrogen-bond donors (Lipinski definition) is 0. The second-order valence-electron chi connectivity index (χ2n) is 4.49. The maximum atomic E-state index is 5.80. The van der Waals surface area contributed by atoms with Crippen molar-refractivity contribution in [1.29, 1.82) is 0 Å². The summed E-state index contributed by atoms with van der Waals surface area (Å²) in [6.45, 7) is 4.82. The zero-order valence-corrected chi connectivity index (χ0v) is 11.5. The van der Waals surface area contributed by atoms with Gasteiger partial charge in [-0.1, -0.05) is 30.3 Å². The van der Waals surface area contributed by atoms with Gasteiger partial charge >= 0.3 is 0 Å². The van der Waals surface area contributed by atoms with Gasteiger partial charge in [-0.3, -0.25) is 0 Å². The van der Waals surface area contributed by atoms with Gasteiger partial charge in [0.05, 0.1) is 0 Å². The molecule has 2 aromatic rings. The van der Waals surface area contributed by atoms with Crippen molar-refractivity contribution in [3.63, 3.8) is 0 Å². The van der Waals surface area contributed by atoms with Crippen LogP contribution in [-0.2, 0) is 12.5 Å². The molecule has 0 N–H and O–H groups in total. The second-order valence-corrected chi connectivity index (χ2v) is 4.76. The summed E-state index contributed by atoms with van der Waals surface area (Å²) in [7, 11) is 0. The van der Waals surface area contributed by atoms with Crippen molar-refractivity contribution in [3.05, 3.63) is 64.7 Å². The molecule has 0 saturated heterocycles. The topological polar surface area (TPSA) is 9.23 Å². The molecule has 2 heteroatoms. The lowest BCUT2D eigenvalue weighted by Gasteiger charge is -2.09. The van der Waals surface area contributed by atoms with E-state index in [1.165, 1.54) is 16.7 Å². The van der Waals surface area contributed by atoms with Crippen molar-refractivity contribution in [1.82, 2.24) is 0 Å². The van der Waals surface area contributed by atoms with Crippen LogP contribution in [0, 0.1) is 13.8 Å². The van der Waals surface area contributed by atoms with Crippen molar-refractivity contribution in [2.75, 3.05) is 0 Å². The molecule has 0 spiro atoms. The Balaban J connectivity index is 2.04. The number of hydrogen-bond acceptors (Lipinski definition) is 1. The van der Waals surface area contributed by atoms with E-state index < -0.39 is 0 Å². The highest BCUT2D eigenvalue weighted by Gasteiger charge is 1.99. The van der Waals surface area contributed by atoms with Crippen LogP contribution in [0.15, 0.2) is 42.5 Å². The zero-order chi connectivity index (χ0) is 13.0. The SMILES string of the molecule is Cc1ccc(COc2cccc(CCl)c2)cc1C. The Bertz CT molecular complexity index is 534. The highest BCUT2D eigenvalue weighted by molar-refractivity contribution is 6.17. The van der Waals surface area contributed by atoms with Gasteiger partial charge < -0.3 is 4.74 Å². The fourth-order valence-electron chi connectivity index (χ4n) is 1.78. The highest BCUT2D eigenvalue weighted by atomic mass is 35.5. The van der Waals surface area contributed by atoms with Crippen LogP contribution in [0.5, 0.6) is 5.75 Å². The molecule has 0 aliphatic heterocycles. The molecule has 2 rings (SSSR count). The predicted octanol–water partition coefficient (Wildman–Crippen LogP) is 4.62. The fourth-order valence-corrected chi connectivity index (χ4v) is 1.94. The van der Waals surface area contributed by atoms with Crippen molar-refractivity contribution >= 4 is 11.6 Å². The van der Waals surface area contributed by atoms with Crippen molar-refractivity contribution in [3.8, 4) is 5.75 Å². The van der Waals surface area contributed by atoms with Crippen LogP contribution in [-0.4, -0.2) is 0 Å². The number of aryl methyl sites for hydroxylation is 2. The number of halogens is 1. The standard InChI is InChI=1S/C16H17ClO/c1-12-6-7-15(8-13(12)2)11-18-16-5-3-4-14(9-16)10-17/h3-9H,10-11H2,1-2H3. The van der Waals surface area contributed by atoms with Gasteiger partial charge in [-0.05, 0) is 48.2 Å². The Morgan fingerprint density at radius 2 is 1.78 bits per heavy atom. The first-order valence-corrected chi connectivity index (χ1v) is 6.56. The Morgan fingerprint density at radius 3 is 2.50 bits per heavy atom. The van der Waals surface area contributed by atoms with Crippen molar-refractivity contribution < 1.29 is 4.74 Å². The molecule has 0 atom stereocenters. The molecule has 0 heterocycles. The monoisotopic (exact) mass is 260 g/mol. The normalized spacial score (nSPS) is 10.4. The molecule has 18 heavy (non-hydrogen) atoms. The summed E-state index contributed by atoms with van der Waals surface area (Å²) >= 11 is 5.80. The quantitative estimate of drug-likeness (QED) is 0.729. The zero-order valence-electron chi connectivity index (χ0n) is 10.7. The summed E-state index contributed by atoms with van der Waals surface area (Å²) in [5.74, 6) is 1.38. The number of alkyl halides is 1. The van der Waals surface area contributed by atoms with E-state index in [4.69, 9.17) is 16.3 Å². The number of benzene rings is 2. The van der Waals surface area contributed by atoms with E-state index in [1.54, 1.807) is 0 Å². The molecule has 0 amide bonds. The van der Waals surface area contributed by atoms with E-state index in [2.05, 4.69) is 32.0 Å². The molecule has 0 bridgehead atoms. The molecular weight excluding hydrogens is 244 g/mol. The van der Waals surface area contributed by atoms with Gasteiger partial charge in [0.1, 0.15) is 12.4 Å². The minimum Gasteiger partial charge on any atom is -0.489 e. The average Bonchev–Trinajstić information content (AvgIpc) is 2.40. The molecule has 0 fully saturated rings. The lowest BCUT2D eigenvalue weighted by atomic mass is 10.1. The first-order chi connectivity index (χ1) is 8.69. The lowest BCUT2D eigenvalue weighted by molar-refractivity contribution is 0.306. The minimum atomic E-state index is 0.515. The maximum absolute atomic E-state index is 5.80. The van der Waals surface area contributed by atoms with Crippen LogP contribution in [0.25, 0.3) is 0 Å². The predicted molar refractivity (Wildman–Crippen MR) is 76.2 cm³/mol. The van der Waals surface area contributed by atoms with Gasteiger partial charge in [0.15, 0.2) is 0 Å². The molecular formula is C16H17ClO. The van der Waals surface area contributed by atoms with Crippen molar-refractivity contribution in [2.24, 2.45) is 0 Å². The molecule has 2 aromatic carbocycles. The minimum absolute atomic E-state index is 0.515. The van der Waals surface area contributed by atoms with E-state index in [-0.39, 0.29) is 0 Å². The Morgan fingerprint density at radius 1 is 0.944 bits per heavy atom. The summed E-state index contributed by atoms with van der Waals surface area (Å²) in [6, 6.07) is 14.3. The molecule has 1 nitrogen and oxygen atoms in total. The van der Waals surface area contributed by atoms with Crippen LogP contribution in [0.2, 0.25) is 0 Å². The third kappa shape index (κ3) is 3.27. The Hall–Kier alpha value is -1.47. The Labute approximate surface area is 113 Å². The van der Waals surface area contributed by atoms with Gasteiger partial charge in [-0.2, -0.15) is 0 Å². The molecule has 0 saturated carbocycles. The van der Waals surface area contributed by atoms with Gasteiger partial charge in [0, 0.05) is 5.88 Å². The van der Waals surface area contributed by atoms with E-state index in [9.17, 15) is 0 Å². The molecule has 94 valence electrons.